The number of ether oxygens (including phenoxy) is 1. The Morgan fingerprint density at radius 1 is 1.20 bits per heavy atom. The summed E-state index contributed by atoms with van der Waals surface area (Å²) in [5.41, 5.74) is 2.37. The van der Waals surface area contributed by atoms with E-state index in [-0.39, 0.29) is 12.5 Å². The number of methoxy groups -OCH3 is 1. The number of hydrogen-bond acceptors (Lipinski definition) is 5. The van der Waals surface area contributed by atoms with Crippen molar-refractivity contribution in [3.8, 4) is 17.1 Å². The summed E-state index contributed by atoms with van der Waals surface area (Å²) < 4.78 is 10.5. The standard InChI is InChI=1S/C19H19N3O3/c1-13-11-15(9-10-16(13)24-3)19(23)22(2)12-17-20-18(21-25-17)14-7-5-4-6-8-14/h4-11H,12H2,1-3H3. The molecular formula is C19H19N3O3. The van der Waals surface area contributed by atoms with Crippen LogP contribution in [0.15, 0.2) is 53.1 Å². The molecule has 0 aliphatic rings. The minimum Gasteiger partial charge on any atom is -0.496 e. The van der Waals surface area contributed by atoms with E-state index < -0.39 is 0 Å². The summed E-state index contributed by atoms with van der Waals surface area (Å²) in [5.74, 6) is 1.53. The first-order valence-electron chi connectivity index (χ1n) is 7.86. The van der Waals surface area contributed by atoms with Crippen LogP contribution in [0, 0.1) is 6.92 Å². The Morgan fingerprint density at radius 2 is 1.96 bits per heavy atom. The van der Waals surface area contributed by atoms with Gasteiger partial charge in [0.2, 0.25) is 11.7 Å². The summed E-state index contributed by atoms with van der Waals surface area (Å²) in [6.45, 7) is 2.14. The van der Waals surface area contributed by atoms with Crippen molar-refractivity contribution in [1.29, 1.82) is 0 Å². The van der Waals surface area contributed by atoms with E-state index in [4.69, 9.17) is 9.26 Å². The molecule has 0 spiro atoms. The van der Waals surface area contributed by atoms with E-state index in [2.05, 4.69) is 10.1 Å². The molecule has 1 aromatic heterocycles. The zero-order chi connectivity index (χ0) is 17.8. The monoisotopic (exact) mass is 337 g/mol. The molecule has 0 fully saturated rings. The highest BCUT2D eigenvalue weighted by Gasteiger charge is 2.17. The van der Waals surface area contributed by atoms with E-state index in [1.54, 1.807) is 37.3 Å². The third kappa shape index (κ3) is 3.68. The van der Waals surface area contributed by atoms with E-state index in [9.17, 15) is 4.79 Å². The van der Waals surface area contributed by atoms with Crippen LogP contribution in [-0.4, -0.2) is 35.1 Å². The number of nitrogens with zero attached hydrogens (tertiary/aromatic N) is 3. The first kappa shape index (κ1) is 16.7. The summed E-state index contributed by atoms with van der Waals surface area (Å²) in [6.07, 6.45) is 0. The molecule has 0 aliphatic carbocycles. The summed E-state index contributed by atoms with van der Waals surface area (Å²) in [6, 6.07) is 14.9. The smallest absolute Gasteiger partial charge is 0.254 e. The van der Waals surface area contributed by atoms with Crippen molar-refractivity contribution in [3.63, 3.8) is 0 Å². The van der Waals surface area contributed by atoms with Gasteiger partial charge in [0.25, 0.3) is 5.91 Å². The van der Waals surface area contributed by atoms with Crippen molar-refractivity contribution in [2.75, 3.05) is 14.2 Å². The van der Waals surface area contributed by atoms with Gasteiger partial charge in [0, 0.05) is 18.2 Å². The number of amides is 1. The van der Waals surface area contributed by atoms with Gasteiger partial charge in [-0.2, -0.15) is 4.98 Å². The molecule has 0 saturated carbocycles. The third-order valence-electron chi connectivity index (χ3n) is 3.86. The molecule has 0 N–H and O–H groups in total. The Hall–Kier alpha value is -3.15. The van der Waals surface area contributed by atoms with E-state index in [1.807, 2.05) is 37.3 Å². The zero-order valence-corrected chi connectivity index (χ0v) is 14.4. The third-order valence-corrected chi connectivity index (χ3v) is 3.86. The molecule has 25 heavy (non-hydrogen) atoms. The average molecular weight is 337 g/mol. The van der Waals surface area contributed by atoms with Gasteiger partial charge in [-0.25, -0.2) is 0 Å². The highest BCUT2D eigenvalue weighted by atomic mass is 16.5. The van der Waals surface area contributed by atoms with Crippen LogP contribution in [-0.2, 0) is 6.54 Å². The van der Waals surface area contributed by atoms with Gasteiger partial charge < -0.3 is 14.2 Å². The fourth-order valence-corrected chi connectivity index (χ4v) is 2.53. The second-order valence-electron chi connectivity index (χ2n) is 5.72. The van der Waals surface area contributed by atoms with Crippen LogP contribution in [0.25, 0.3) is 11.4 Å². The second-order valence-corrected chi connectivity index (χ2v) is 5.72. The van der Waals surface area contributed by atoms with Gasteiger partial charge in [0.05, 0.1) is 13.7 Å². The Morgan fingerprint density at radius 3 is 2.64 bits per heavy atom. The maximum Gasteiger partial charge on any atom is 0.254 e. The van der Waals surface area contributed by atoms with Crippen molar-refractivity contribution < 1.29 is 14.1 Å². The number of benzene rings is 2. The lowest BCUT2D eigenvalue weighted by atomic mass is 10.1. The van der Waals surface area contributed by atoms with Gasteiger partial charge in [-0.3, -0.25) is 4.79 Å². The van der Waals surface area contributed by atoms with Crippen LogP contribution in [0.2, 0.25) is 0 Å². The minimum atomic E-state index is -0.120. The maximum absolute atomic E-state index is 12.6. The molecule has 6 heteroatoms. The highest BCUT2D eigenvalue weighted by molar-refractivity contribution is 5.94. The fourth-order valence-electron chi connectivity index (χ4n) is 2.53. The average Bonchev–Trinajstić information content (AvgIpc) is 3.10. The summed E-state index contributed by atoms with van der Waals surface area (Å²) >= 11 is 0. The van der Waals surface area contributed by atoms with E-state index in [0.29, 0.717) is 17.3 Å². The molecule has 3 aromatic rings. The predicted molar refractivity (Wildman–Crippen MR) is 93.3 cm³/mol. The lowest BCUT2D eigenvalue weighted by molar-refractivity contribution is 0.0769. The van der Waals surface area contributed by atoms with Crippen LogP contribution in [0.4, 0.5) is 0 Å². The molecule has 0 bridgehead atoms. The first-order valence-corrected chi connectivity index (χ1v) is 7.86. The fraction of sp³-hybridized carbons (Fsp3) is 0.211. The maximum atomic E-state index is 12.6. The van der Waals surface area contributed by atoms with Crippen LogP contribution in [0.5, 0.6) is 5.75 Å². The van der Waals surface area contributed by atoms with Crippen LogP contribution in [0.3, 0.4) is 0 Å². The number of rotatable bonds is 5. The van der Waals surface area contributed by atoms with E-state index >= 15 is 0 Å². The van der Waals surface area contributed by atoms with Crippen molar-refractivity contribution in [3.05, 3.63) is 65.5 Å². The number of carbonyl (C=O) groups excluding carboxylic acids is 1. The molecule has 0 radical (unpaired) electrons. The van der Waals surface area contributed by atoms with Crippen molar-refractivity contribution in [1.82, 2.24) is 15.0 Å². The summed E-state index contributed by atoms with van der Waals surface area (Å²) in [5, 5.41) is 3.97. The van der Waals surface area contributed by atoms with Gasteiger partial charge >= 0.3 is 0 Å². The van der Waals surface area contributed by atoms with E-state index in [0.717, 1.165) is 16.9 Å². The highest BCUT2D eigenvalue weighted by Crippen LogP contribution is 2.20. The van der Waals surface area contributed by atoms with Gasteiger partial charge in [-0.1, -0.05) is 35.5 Å². The Labute approximate surface area is 146 Å². The molecule has 2 aromatic carbocycles. The Balaban J connectivity index is 1.72. The molecule has 0 atom stereocenters. The van der Waals surface area contributed by atoms with Crippen LogP contribution in [0.1, 0.15) is 21.8 Å². The molecule has 3 rings (SSSR count). The lowest BCUT2D eigenvalue weighted by Crippen LogP contribution is -2.26. The normalized spacial score (nSPS) is 10.5. The quantitative estimate of drug-likeness (QED) is 0.714. The SMILES string of the molecule is COc1ccc(C(=O)N(C)Cc2nc(-c3ccccc3)no2)cc1C. The van der Waals surface area contributed by atoms with Gasteiger partial charge in [0.1, 0.15) is 5.75 Å². The molecule has 6 nitrogen and oxygen atoms in total. The van der Waals surface area contributed by atoms with Crippen molar-refractivity contribution in [2.24, 2.45) is 0 Å². The Bertz CT molecular complexity index is 875. The molecule has 1 amide bonds. The number of carbonyl (C=O) groups is 1. The lowest BCUT2D eigenvalue weighted by Gasteiger charge is -2.15. The second kappa shape index (κ2) is 7.17. The van der Waals surface area contributed by atoms with Crippen molar-refractivity contribution in [2.45, 2.75) is 13.5 Å². The molecule has 0 aliphatic heterocycles. The first-order chi connectivity index (χ1) is 12.1. The molecule has 1 heterocycles. The van der Waals surface area contributed by atoms with Gasteiger partial charge in [-0.05, 0) is 30.7 Å². The molecular weight excluding hydrogens is 318 g/mol. The minimum absolute atomic E-state index is 0.120. The number of hydrogen-bond donors (Lipinski definition) is 0. The van der Waals surface area contributed by atoms with E-state index in [1.165, 1.54) is 0 Å². The number of aryl methyl sites for hydroxylation is 1. The zero-order valence-electron chi connectivity index (χ0n) is 14.4. The van der Waals surface area contributed by atoms with Gasteiger partial charge in [0.15, 0.2) is 0 Å². The molecule has 0 saturated heterocycles. The largest absolute Gasteiger partial charge is 0.496 e. The molecule has 128 valence electrons. The van der Waals surface area contributed by atoms with Crippen LogP contribution >= 0.6 is 0 Å². The summed E-state index contributed by atoms with van der Waals surface area (Å²) in [4.78, 5) is 18.5. The van der Waals surface area contributed by atoms with Crippen LogP contribution < -0.4 is 4.74 Å². The number of aromatic nitrogens is 2. The predicted octanol–water partition coefficient (Wildman–Crippen LogP) is 3.33. The summed E-state index contributed by atoms with van der Waals surface area (Å²) in [7, 11) is 3.31. The molecule has 0 unspecified atom stereocenters. The Kier molecular flexibility index (Phi) is 4.79. The van der Waals surface area contributed by atoms with Gasteiger partial charge in [-0.15, -0.1) is 0 Å². The van der Waals surface area contributed by atoms with Crippen molar-refractivity contribution >= 4 is 5.91 Å². The topological polar surface area (TPSA) is 68.5 Å².